The van der Waals surface area contributed by atoms with E-state index in [4.69, 9.17) is 4.42 Å². The van der Waals surface area contributed by atoms with Crippen LogP contribution in [0.5, 0.6) is 0 Å². The standard InChI is InChI=1S/C17H20N2O2/c1-11-7-8-16(21-11)12(2)19-17(20)15-10-18-9-13-5-3-4-6-14(13)15/h3-8,12,15,18H,9-10H2,1-2H3,(H,19,20). The molecule has 1 aliphatic heterocycles. The Morgan fingerprint density at radius 3 is 2.90 bits per heavy atom. The Labute approximate surface area is 124 Å². The minimum absolute atomic E-state index is 0.0382. The SMILES string of the molecule is Cc1ccc(C(C)NC(=O)C2CNCc3ccccc32)o1. The summed E-state index contributed by atoms with van der Waals surface area (Å²) in [4.78, 5) is 12.6. The molecule has 1 aliphatic rings. The van der Waals surface area contributed by atoms with Gasteiger partial charge >= 0.3 is 0 Å². The number of carbonyl (C=O) groups is 1. The zero-order valence-corrected chi connectivity index (χ0v) is 12.3. The largest absolute Gasteiger partial charge is 0.464 e. The van der Waals surface area contributed by atoms with Gasteiger partial charge in [-0.3, -0.25) is 4.79 Å². The second-order valence-corrected chi connectivity index (χ2v) is 5.56. The molecule has 2 aromatic rings. The van der Waals surface area contributed by atoms with Crippen LogP contribution in [-0.2, 0) is 11.3 Å². The van der Waals surface area contributed by atoms with Crippen LogP contribution < -0.4 is 10.6 Å². The van der Waals surface area contributed by atoms with E-state index >= 15 is 0 Å². The summed E-state index contributed by atoms with van der Waals surface area (Å²) in [5.41, 5.74) is 2.32. The fourth-order valence-corrected chi connectivity index (χ4v) is 2.80. The summed E-state index contributed by atoms with van der Waals surface area (Å²) in [7, 11) is 0. The molecule has 0 saturated heterocycles. The van der Waals surface area contributed by atoms with E-state index in [1.54, 1.807) is 0 Å². The van der Waals surface area contributed by atoms with Crippen LogP contribution >= 0.6 is 0 Å². The molecule has 4 heteroatoms. The molecule has 110 valence electrons. The summed E-state index contributed by atoms with van der Waals surface area (Å²) in [6.45, 7) is 5.34. The van der Waals surface area contributed by atoms with Gasteiger partial charge in [0, 0.05) is 13.1 Å². The van der Waals surface area contributed by atoms with Crippen LogP contribution in [0, 0.1) is 6.92 Å². The van der Waals surface area contributed by atoms with Crippen molar-refractivity contribution in [1.29, 1.82) is 0 Å². The van der Waals surface area contributed by atoms with Gasteiger partial charge in [0.2, 0.25) is 5.91 Å². The minimum Gasteiger partial charge on any atom is -0.464 e. The molecule has 1 aromatic heterocycles. The lowest BCUT2D eigenvalue weighted by Crippen LogP contribution is -2.39. The van der Waals surface area contributed by atoms with Crippen LogP contribution in [-0.4, -0.2) is 12.5 Å². The second-order valence-electron chi connectivity index (χ2n) is 5.56. The normalized spacial score (nSPS) is 18.9. The lowest BCUT2D eigenvalue weighted by Gasteiger charge is -2.26. The Morgan fingerprint density at radius 2 is 2.14 bits per heavy atom. The van der Waals surface area contributed by atoms with Gasteiger partial charge in [-0.2, -0.15) is 0 Å². The molecule has 1 amide bonds. The molecule has 0 spiro atoms. The first-order valence-corrected chi connectivity index (χ1v) is 7.30. The third kappa shape index (κ3) is 2.85. The predicted octanol–water partition coefficient (Wildman–Crippen LogP) is 2.65. The van der Waals surface area contributed by atoms with Crippen molar-refractivity contribution in [2.24, 2.45) is 0 Å². The molecule has 0 radical (unpaired) electrons. The summed E-state index contributed by atoms with van der Waals surface area (Å²) in [6.07, 6.45) is 0. The Balaban J connectivity index is 1.74. The fourth-order valence-electron chi connectivity index (χ4n) is 2.80. The molecule has 2 atom stereocenters. The number of benzene rings is 1. The van der Waals surface area contributed by atoms with Crippen molar-refractivity contribution in [2.45, 2.75) is 32.4 Å². The minimum atomic E-state index is -0.145. The molecule has 2 unspecified atom stereocenters. The van der Waals surface area contributed by atoms with Gasteiger partial charge in [0.15, 0.2) is 0 Å². The summed E-state index contributed by atoms with van der Waals surface area (Å²) in [5.74, 6) is 1.54. The van der Waals surface area contributed by atoms with Crippen molar-refractivity contribution < 1.29 is 9.21 Å². The smallest absolute Gasteiger partial charge is 0.229 e. The van der Waals surface area contributed by atoms with Gasteiger partial charge in [0.25, 0.3) is 0 Å². The molecule has 0 aliphatic carbocycles. The number of aryl methyl sites for hydroxylation is 1. The van der Waals surface area contributed by atoms with Crippen LogP contribution in [0.2, 0.25) is 0 Å². The summed E-state index contributed by atoms with van der Waals surface area (Å²) < 4.78 is 5.57. The van der Waals surface area contributed by atoms with E-state index in [2.05, 4.69) is 16.7 Å². The predicted molar refractivity (Wildman–Crippen MR) is 80.9 cm³/mol. The zero-order valence-electron chi connectivity index (χ0n) is 12.3. The molecule has 4 nitrogen and oxygen atoms in total. The van der Waals surface area contributed by atoms with E-state index in [0.29, 0.717) is 6.54 Å². The molecule has 0 saturated carbocycles. The number of amides is 1. The molecule has 2 N–H and O–H groups in total. The molecular formula is C17H20N2O2. The number of furan rings is 1. The first-order valence-electron chi connectivity index (χ1n) is 7.30. The highest BCUT2D eigenvalue weighted by Gasteiger charge is 2.27. The Hall–Kier alpha value is -2.07. The molecule has 3 rings (SSSR count). The van der Waals surface area contributed by atoms with E-state index in [0.717, 1.165) is 23.6 Å². The van der Waals surface area contributed by atoms with Gasteiger partial charge in [-0.15, -0.1) is 0 Å². The summed E-state index contributed by atoms with van der Waals surface area (Å²) in [5, 5.41) is 6.35. The van der Waals surface area contributed by atoms with E-state index in [-0.39, 0.29) is 17.9 Å². The van der Waals surface area contributed by atoms with Crippen molar-refractivity contribution >= 4 is 5.91 Å². The first kappa shape index (κ1) is 13.9. The van der Waals surface area contributed by atoms with Crippen LogP contribution in [0.4, 0.5) is 0 Å². The zero-order chi connectivity index (χ0) is 14.8. The summed E-state index contributed by atoms with van der Waals surface area (Å²) in [6, 6.07) is 11.8. The number of nitrogens with one attached hydrogen (secondary N) is 2. The highest BCUT2D eigenvalue weighted by atomic mass is 16.3. The van der Waals surface area contributed by atoms with E-state index in [1.807, 2.05) is 44.2 Å². The van der Waals surface area contributed by atoms with Crippen LogP contribution in [0.15, 0.2) is 40.8 Å². The summed E-state index contributed by atoms with van der Waals surface area (Å²) >= 11 is 0. The van der Waals surface area contributed by atoms with Crippen molar-refractivity contribution in [2.75, 3.05) is 6.54 Å². The van der Waals surface area contributed by atoms with E-state index in [1.165, 1.54) is 5.56 Å². The third-order valence-corrected chi connectivity index (χ3v) is 3.96. The van der Waals surface area contributed by atoms with Crippen molar-refractivity contribution in [3.8, 4) is 0 Å². The third-order valence-electron chi connectivity index (χ3n) is 3.96. The highest BCUT2D eigenvalue weighted by molar-refractivity contribution is 5.85. The van der Waals surface area contributed by atoms with Gasteiger partial charge < -0.3 is 15.1 Å². The first-order chi connectivity index (χ1) is 10.1. The molecule has 0 fully saturated rings. The number of hydrogen-bond acceptors (Lipinski definition) is 3. The average Bonchev–Trinajstić information content (AvgIpc) is 2.93. The van der Waals surface area contributed by atoms with Gasteiger partial charge in [-0.1, -0.05) is 24.3 Å². The van der Waals surface area contributed by atoms with Crippen molar-refractivity contribution in [1.82, 2.24) is 10.6 Å². The Morgan fingerprint density at radius 1 is 1.33 bits per heavy atom. The topological polar surface area (TPSA) is 54.3 Å². The second kappa shape index (κ2) is 5.74. The molecule has 0 bridgehead atoms. The van der Waals surface area contributed by atoms with E-state index in [9.17, 15) is 4.79 Å². The van der Waals surface area contributed by atoms with E-state index < -0.39 is 0 Å². The van der Waals surface area contributed by atoms with Crippen molar-refractivity contribution in [3.63, 3.8) is 0 Å². The maximum atomic E-state index is 12.6. The van der Waals surface area contributed by atoms with Crippen LogP contribution in [0.3, 0.4) is 0 Å². The number of rotatable bonds is 3. The van der Waals surface area contributed by atoms with Gasteiger partial charge in [0.1, 0.15) is 11.5 Å². The quantitative estimate of drug-likeness (QED) is 0.911. The maximum Gasteiger partial charge on any atom is 0.229 e. The maximum absolute atomic E-state index is 12.6. The molecule has 1 aromatic carbocycles. The van der Waals surface area contributed by atoms with Gasteiger partial charge in [-0.25, -0.2) is 0 Å². The Kier molecular flexibility index (Phi) is 3.80. The van der Waals surface area contributed by atoms with Crippen molar-refractivity contribution in [3.05, 3.63) is 59.0 Å². The lowest BCUT2D eigenvalue weighted by molar-refractivity contribution is -0.123. The number of carbonyl (C=O) groups excluding carboxylic acids is 1. The van der Waals surface area contributed by atoms with Gasteiger partial charge in [-0.05, 0) is 37.1 Å². The monoisotopic (exact) mass is 284 g/mol. The Bertz CT molecular complexity index is 648. The fraction of sp³-hybridized carbons (Fsp3) is 0.353. The lowest BCUT2D eigenvalue weighted by atomic mass is 9.90. The molecule has 2 heterocycles. The highest BCUT2D eigenvalue weighted by Crippen LogP contribution is 2.25. The van der Waals surface area contributed by atoms with Crippen LogP contribution in [0.25, 0.3) is 0 Å². The molecular weight excluding hydrogens is 264 g/mol. The number of hydrogen-bond donors (Lipinski definition) is 2. The average molecular weight is 284 g/mol. The van der Waals surface area contributed by atoms with Gasteiger partial charge in [0.05, 0.1) is 12.0 Å². The van der Waals surface area contributed by atoms with Crippen LogP contribution in [0.1, 0.15) is 41.5 Å². The molecule has 21 heavy (non-hydrogen) atoms. The number of fused-ring (bicyclic) bond motifs is 1.